The van der Waals surface area contributed by atoms with Crippen LogP contribution in [0.5, 0.6) is 0 Å². The second-order valence-electron chi connectivity index (χ2n) is 10.1. The Morgan fingerprint density at radius 2 is 1.63 bits per heavy atom. The van der Waals surface area contributed by atoms with Gasteiger partial charge >= 0.3 is 0 Å². The van der Waals surface area contributed by atoms with Crippen molar-refractivity contribution in [1.29, 1.82) is 0 Å². The molecule has 146 valence electrons. The van der Waals surface area contributed by atoms with E-state index >= 15 is 0 Å². The van der Waals surface area contributed by atoms with Crippen LogP contribution >= 0.6 is 0 Å². The fourth-order valence-corrected chi connectivity index (χ4v) is 7.36. The van der Waals surface area contributed by atoms with Gasteiger partial charge in [-0.1, -0.05) is 36.8 Å². The van der Waals surface area contributed by atoms with E-state index in [1.54, 1.807) is 0 Å². The Bertz CT molecular complexity index is 702. The van der Waals surface area contributed by atoms with Gasteiger partial charge in [-0.25, -0.2) is 0 Å². The van der Waals surface area contributed by atoms with Crippen molar-refractivity contribution in [3.8, 4) is 0 Å². The Morgan fingerprint density at radius 1 is 1.00 bits per heavy atom. The SMILES string of the molecule is CCN1CCN(C(=O)C23C[C@H]4C[C@H](C2)CC(c2ccc(C)cc2)(C4)C3)CC1. The van der Waals surface area contributed by atoms with Crippen molar-refractivity contribution in [2.75, 3.05) is 32.7 Å². The van der Waals surface area contributed by atoms with Crippen LogP contribution in [0.4, 0.5) is 0 Å². The Kier molecular flexibility index (Phi) is 4.16. The lowest BCUT2D eigenvalue weighted by Gasteiger charge is -2.62. The third-order valence-electron chi connectivity index (χ3n) is 8.29. The minimum absolute atomic E-state index is 0.0661. The smallest absolute Gasteiger partial charge is 0.228 e. The lowest BCUT2D eigenvalue weighted by atomic mass is 9.42. The summed E-state index contributed by atoms with van der Waals surface area (Å²) in [7, 11) is 0. The van der Waals surface area contributed by atoms with E-state index in [0.29, 0.717) is 5.91 Å². The number of piperazine rings is 1. The van der Waals surface area contributed by atoms with Crippen molar-refractivity contribution >= 4 is 5.91 Å². The molecule has 0 radical (unpaired) electrons. The van der Waals surface area contributed by atoms with Crippen LogP contribution in [-0.4, -0.2) is 48.4 Å². The Hall–Kier alpha value is -1.35. The van der Waals surface area contributed by atoms with Crippen molar-refractivity contribution in [1.82, 2.24) is 9.80 Å². The Balaban J connectivity index is 1.43. The average molecular weight is 367 g/mol. The van der Waals surface area contributed by atoms with Gasteiger partial charge in [0.25, 0.3) is 0 Å². The number of carbonyl (C=O) groups excluding carboxylic acids is 1. The second-order valence-corrected chi connectivity index (χ2v) is 10.1. The van der Waals surface area contributed by atoms with E-state index < -0.39 is 0 Å². The number of carbonyl (C=O) groups is 1. The first-order chi connectivity index (χ1) is 13.0. The number of hydrogen-bond acceptors (Lipinski definition) is 2. The molecule has 5 fully saturated rings. The molecule has 0 N–H and O–H groups in total. The zero-order valence-electron chi connectivity index (χ0n) is 17.0. The molecular formula is C24H34N2O. The summed E-state index contributed by atoms with van der Waals surface area (Å²) in [4.78, 5) is 18.5. The van der Waals surface area contributed by atoms with Gasteiger partial charge in [-0.2, -0.15) is 0 Å². The summed E-state index contributed by atoms with van der Waals surface area (Å²) in [5.41, 5.74) is 3.04. The van der Waals surface area contributed by atoms with Gasteiger partial charge in [0.2, 0.25) is 5.91 Å². The molecule has 1 aliphatic heterocycles. The second kappa shape index (κ2) is 6.34. The number of hydrogen-bond donors (Lipinski definition) is 0. The molecular weight excluding hydrogens is 332 g/mol. The number of rotatable bonds is 3. The minimum atomic E-state index is -0.0661. The maximum atomic E-state index is 13.8. The van der Waals surface area contributed by atoms with E-state index in [1.807, 2.05) is 0 Å². The monoisotopic (exact) mass is 366 g/mol. The zero-order valence-corrected chi connectivity index (χ0v) is 17.0. The van der Waals surface area contributed by atoms with Gasteiger partial charge in [-0.3, -0.25) is 4.79 Å². The number of likely N-dealkylation sites (N-methyl/N-ethyl adjacent to an activating group) is 1. The Labute approximate surface area is 164 Å². The molecule has 0 aromatic heterocycles. The van der Waals surface area contributed by atoms with Crippen LogP contribution in [-0.2, 0) is 10.2 Å². The summed E-state index contributed by atoms with van der Waals surface area (Å²) in [5, 5.41) is 0. The molecule has 6 rings (SSSR count). The van der Waals surface area contributed by atoms with Crippen LogP contribution in [0.15, 0.2) is 24.3 Å². The zero-order chi connectivity index (χ0) is 18.6. The van der Waals surface area contributed by atoms with E-state index in [9.17, 15) is 4.79 Å². The van der Waals surface area contributed by atoms with Crippen LogP contribution in [0.2, 0.25) is 0 Å². The summed E-state index contributed by atoms with van der Waals surface area (Å²) in [6, 6.07) is 9.26. The van der Waals surface area contributed by atoms with Gasteiger partial charge in [0.1, 0.15) is 0 Å². The predicted octanol–water partition coefficient (Wildman–Crippen LogP) is 4.00. The lowest BCUT2D eigenvalue weighted by Crippen LogP contribution is -2.61. The number of aryl methyl sites for hydroxylation is 1. The van der Waals surface area contributed by atoms with Crippen LogP contribution < -0.4 is 0 Å². The molecule has 4 saturated carbocycles. The van der Waals surface area contributed by atoms with Gasteiger partial charge < -0.3 is 9.80 Å². The van der Waals surface area contributed by atoms with E-state index in [-0.39, 0.29) is 10.8 Å². The highest BCUT2D eigenvalue weighted by atomic mass is 16.2. The first-order valence-electron chi connectivity index (χ1n) is 11.1. The fourth-order valence-electron chi connectivity index (χ4n) is 7.36. The molecule has 4 aliphatic carbocycles. The van der Waals surface area contributed by atoms with Crippen LogP contribution in [0, 0.1) is 24.2 Å². The molecule has 3 nitrogen and oxygen atoms in total. The predicted molar refractivity (Wildman–Crippen MR) is 109 cm³/mol. The fraction of sp³-hybridized carbons (Fsp3) is 0.708. The molecule has 27 heavy (non-hydrogen) atoms. The molecule has 1 heterocycles. The molecule has 5 aliphatic rings. The van der Waals surface area contributed by atoms with Crippen molar-refractivity contribution in [3.05, 3.63) is 35.4 Å². The topological polar surface area (TPSA) is 23.6 Å². The Morgan fingerprint density at radius 3 is 2.22 bits per heavy atom. The van der Waals surface area contributed by atoms with Crippen molar-refractivity contribution in [2.45, 2.75) is 57.8 Å². The highest BCUT2D eigenvalue weighted by Crippen LogP contribution is 2.66. The highest BCUT2D eigenvalue weighted by Gasteiger charge is 2.61. The minimum Gasteiger partial charge on any atom is -0.340 e. The van der Waals surface area contributed by atoms with E-state index in [0.717, 1.165) is 63.8 Å². The maximum Gasteiger partial charge on any atom is 0.228 e. The third-order valence-corrected chi connectivity index (χ3v) is 8.29. The highest BCUT2D eigenvalue weighted by molar-refractivity contribution is 5.84. The summed E-state index contributed by atoms with van der Waals surface area (Å²) < 4.78 is 0. The van der Waals surface area contributed by atoms with E-state index in [2.05, 4.69) is 47.9 Å². The van der Waals surface area contributed by atoms with Gasteiger partial charge in [0, 0.05) is 26.2 Å². The first-order valence-corrected chi connectivity index (χ1v) is 11.1. The molecule has 0 unspecified atom stereocenters. The summed E-state index contributed by atoms with van der Waals surface area (Å²) >= 11 is 0. The molecule has 1 aromatic carbocycles. The first kappa shape index (κ1) is 17.7. The average Bonchev–Trinajstić information content (AvgIpc) is 2.67. The van der Waals surface area contributed by atoms with Crippen LogP contribution in [0.25, 0.3) is 0 Å². The van der Waals surface area contributed by atoms with Gasteiger partial charge in [0.05, 0.1) is 5.41 Å². The number of amides is 1. The molecule has 1 saturated heterocycles. The standard InChI is InChI=1S/C24H34N2O/c1-3-25-8-10-26(11-9-25)22(27)24-15-19-12-20(16-24)14-23(13-19,17-24)21-6-4-18(2)5-7-21/h4-7,19-20H,3,8-17H2,1-2H3/t19-,20-,23?,24?/m0/s1. The molecule has 1 aromatic rings. The van der Waals surface area contributed by atoms with Gasteiger partial charge in [0.15, 0.2) is 0 Å². The van der Waals surface area contributed by atoms with Crippen molar-refractivity contribution in [3.63, 3.8) is 0 Å². The van der Waals surface area contributed by atoms with Crippen LogP contribution in [0.1, 0.15) is 56.6 Å². The largest absolute Gasteiger partial charge is 0.340 e. The summed E-state index contributed by atoms with van der Waals surface area (Å²) in [6.07, 6.45) is 7.40. The van der Waals surface area contributed by atoms with Crippen molar-refractivity contribution < 1.29 is 4.79 Å². The number of nitrogens with zero attached hydrogens (tertiary/aromatic N) is 2. The van der Waals surface area contributed by atoms with Gasteiger partial charge in [-0.05, 0) is 74.8 Å². The van der Waals surface area contributed by atoms with Gasteiger partial charge in [-0.15, -0.1) is 0 Å². The van der Waals surface area contributed by atoms with E-state index in [1.165, 1.54) is 30.4 Å². The quantitative estimate of drug-likeness (QED) is 0.807. The summed E-state index contributed by atoms with van der Waals surface area (Å²) in [6.45, 7) is 9.46. The number of benzene rings is 1. The summed E-state index contributed by atoms with van der Waals surface area (Å²) in [5.74, 6) is 2.02. The van der Waals surface area contributed by atoms with Crippen molar-refractivity contribution in [2.24, 2.45) is 17.3 Å². The molecule has 0 spiro atoms. The lowest BCUT2D eigenvalue weighted by molar-refractivity contribution is -0.162. The van der Waals surface area contributed by atoms with Crippen LogP contribution in [0.3, 0.4) is 0 Å². The maximum absolute atomic E-state index is 13.8. The van der Waals surface area contributed by atoms with E-state index in [4.69, 9.17) is 0 Å². The molecule has 4 bridgehead atoms. The normalized spacial score (nSPS) is 38.4. The molecule has 3 heteroatoms. The molecule has 2 atom stereocenters. The third kappa shape index (κ3) is 2.85. The molecule has 1 amide bonds.